The van der Waals surface area contributed by atoms with Crippen LogP contribution in [-0.4, -0.2) is 24.3 Å². The van der Waals surface area contributed by atoms with Crippen LogP contribution in [0.2, 0.25) is 0 Å². The van der Waals surface area contributed by atoms with Gasteiger partial charge in [-0.1, -0.05) is 0 Å². The van der Waals surface area contributed by atoms with E-state index in [0.717, 1.165) is 24.3 Å². The van der Waals surface area contributed by atoms with E-state index in [1.165, 1.54) is 32.2 Å². The minimum Gasteiger partial charge on any atom is -0.396 e. The molecule has 2 aliphatic rings. The van der Waals surface area contributed by atoms with Crippen molar-refractivity contribution < 1.29 is 5.11 Å². The van der Waals surface area contributed by atoms with Gasteiger partial charge in [0.25, 0.3) is 0 Å². The van der Waals surface area contributed by atoms with Crippen LogP contribution >= 0.6 is 0 Å². The van der Waals surface area contributed by atoms with Gasteiger partial charge >= 0.3 is 0 Å². The highest BCUT2D eigenvalue weighted by molar-refractivity contribution is 4.93. The second-order valence-corrected chi connectivity index (χ2v) is 4.22. The van der Waals surface area contributed by atoms with Gasteiger partial charge in [-0.05, 0) is 50.5 Å². The summed E-state index contributed by atoms with van der Waals surface area (Å²) >= 11 is 0. The molecular weight excluding hydrogens is 150 g/mol. The van der Waals surface area contributed by atoms with E-state index in [4.69, 9.17) is 5.11 Å². The molecule has 2 atom stereocenters. The molecular formula is C10H19NO. The first-order valence-corrected chi connectivity index (χ1v) is 5.26. The second kappa shape index (κ2) is 3.75. The summed E-state index contributed by atoms with van der Waals surface area (Å²) in [5, 5.41) is 12.3. The van der Waals surface area contributed by atoms with Crippen molar-refractivity contribution in [1.29, 1.82) is 0 Å². The first-order valence-electron chi connectivity index (χ1n) is 5.26. The zero-order valence-electron chi connectivity index (χ0n) is 7.63. The minimum absolute atomic E-state index is 0.371. The first kappa shape index (κ1) is 8.52. The maximum absolute atomic E-state index is 8.77. The highest BCUT2D eigenvalue weighted by Gasteiger charge is 2.37. The molecule has 2 unspecified atom stereocenters. The summed E-state index contributed by atoms with van der Waals surface area (Å²) < 4.78 is 0. The van der Waals surface area contributed by atoms with E-state index in [2.05, 4.69) is 5.32 Å². The van der Waals surface area contributed by atoms with Crippen LogP contribution in [0.25, 0.3) is 0 Å². The first-order chi connectivity index (χ1) is 5.92. The van der Waals surface area contributed by atoms with E-state index in [1.807, 2.05) is 0 Å². The van der Waals surface area contributed by atoms with Crippen LogP contribution < -0.4 is 5.32 Å². The monoisotopic (exact) mass is 169 g/mol. The number of aliphatic hydroxyl groups is 1. The Labute approximate surface area is 74.4 Å². The van der Waals surface area contributed by atoms with E-state index < -0.39 is 0 Å². The Hall–Kier alpha value is -0.0800. The maximum Gasteiger partial charge on any atom is 0.0431 e. The molecule has 2 rings (SSSR count). The lowest BCUT2D eigenvalue weighted by Crippen LogP contribution is -2.48. The Morgan fingerprint density at radius 2 is 2.08 bits per heavy atom. The molecule has 2 fully saturated rings. The molecule has 1 aliphatic heterocycles. The quantitative estimate of drug-likeness (QED) is 0.647. The summed E-state index contributed by atoms with van der Waals surface area (Å²) in [6.07, 6.45) is 6.48. The Bertz CT molecular complexity index is 141. The molecule has 0 aromatic carbocycles. The average molecular weight is 169 g/mol. The largest absolute Gasteiger partial charge is 0.396 e. The molecule has 0 spiro atoms. The fraction of sp³-hybridized carbons (Fsp3) is 1.00. The van der Waals surface area contributed by atoms with E-state index in [9.17, 15) is 0 Å². The number of hydrogen-bond donors (Lipinski definition) is 2. The van der Waals surface area contributed by atoms with Gasteiger partial charge in [-0.3, -0.25) is 0 Å². The van der Waals surface area contributed by atoms with Crippen molar-refractivity contribution in [2.45, 2.75) is 38.1 Å². The van der Waals surface area contributed by atoms with Crippen molar-refractivity contribution in [3.05, 3.63) is 0 Å². The predicted molar refractivity (Wildman–Crippen MR) is 48.9 cm³/mol. The SMILES string of the molecule is OCCCC(C1CC1)C1CCN1. The summed E-state index contributed by atoms with van der Waals surface area (Å²) in [7, 11) is 0. The maximum atomic E-state index is 8.77. The van der Waals surface area contributed by atoms with Crippen LogP contribution in [0.5, 0.6) is 0 Å². The van der Waals surface area contributed by atoms with E-state index in [0.29, 0.717) is 6.61 Å². The van der Waals surface area contributed by atoms with Crippen LogP contribution in [0, 0.1) is 11.8 Å². The van der Waals surface area contributed by atoms with Gasteiger partial charge in [-0.25, -0.2) is 0 Å². The van der Waals surface area contributed by atoms with Crippen LogP contribution in [0.3, 0.4) is 0 Å². The predicted octanol–water partition coefficient (Wildman–Crippen LogP) is 1.15. The molecule has 1 saturated heterocycles. The number of aliphatic hydroxyl groups excluding tert-OH is 1. The lowest BCUT2D eigenvalue weighted by molar-refractivity contribution is 0.200. The topological polar surface area (TPSA) is 32.3 Å². The molecule has 2 nitrogen and oxygen atoms in total. The summed E-state index contributed by atoms with van der Waals surface area (Å²) in [6, 6.07) is 0.795. The summed E-state index contributed by atoms with van der Waals surface area (Å²) in [5.41, 5.74) is 0. The zero-order chi connectivity index (χ0) is 8.39. The van der Waals surface area contributed by atoms with Crippen molar-refractivity contribution in [2.75, 3.05) is 13.2 Å². The minimum atomic E-state index is 0.371. The molecule has 1 heterocycles. The average Bonchev–Trinajstić information content (AvgIpc) is 2.75. The molecule has 0 bridgehead atoms. The fourth-order valence-electron chi connectivity index (χ4n) is 2.29. The highest BCUT2D eigenvalue weighted by atomic mass is 16.2. The van der Waals surface area contributed by atoms with Crippen molar-refractivity contribution in [2.24, 2.45) is 11.8 Å². The van der Waals surface area contributed by atoms with Gasteiger partial charge in [0.2, 0.25) is 0 Å². The number of nitrogens with one attached hydrogen (secondary N) is 1. The van der Waals surface area contributed by atoms with Gasteiger partial charge in [0.15, 0.2) is 0 Å². The molecule has 70 valence electrons. The standard InChI is InChI=1S/C10H19NO/c12-7-1-2-9(8-3-4-8)10-5-6-11-10/h8-12H,1-7H2. The second-order valence-electron chi connectivity index (χ2n) is 4.22. The van der Waals surface area contributed by atoms with Gasteiger partial charge in [-0.2, -0.15) is 0 Å². The normalized spacial score (nSPS) is 31.2. The van der Waals surface area contributed by atoms with Crippen LogP contribution in [0.1, 0.15) is 32.1 Å². The van der Waals surface area contributed by atoms with Gasteiger partial charge in [0, 0.05) is 12.6 Å². The van der Waals surface area contributed by atoms with Gasteiger partial charge in [0.1, 0.15) is 0 Å². The number of rotatable bonds is 5. The Kier molecular flexibility index (Phi) is 2.66. The van der Waals surface area contributed by atoms with Crippen LogP contribution in [-0.2, 0) is 0 Å². The van der Waals surface area contributed by atoms with E-state index in [1.54, 1.807) is 0 Å². The smallest absolute Gasteiger partial charge is 0.0431 e. The molecule has 2 N–H and O–H groups in total. The highest BCUT2D eigenvalue weighted by Crippen LogP contribution is 2.42. The Morgan fingerprint density at radius 1 is 1.33 bits per heavy atom. The molecule has 1 saturated carbocycles. The third-order valence-electron chi connectivity index (χ3n) is 3.30. The zero-order valence-corrected chi connectivity index (χ0v) is 7.63. The lowest BCUT2D eigenvalue weighted by Gasteiger charge is -2.35. The van der Waals surface area contributed by atoms with Crippen molar-refractivity contribution in [3.63, 3.8) is 0 Å². The van der Waals surface area contributed by atoms with E-state index >= 15 is 0 Å². The summed E-state index contributed by atoms with van der Waals surface area (Å²) in [6.45, 7) is 1.59. The van der Waals surface area contributed by atoms with Crippen molar-refractivity contribution in [3.8, 4) is 0 Å². The molecule has 1 aliphatic carbocycles. The lowest BCUT2D eigenvalue weighted by atomic mass is 9.84. The molecule has 0 radical (unpaired) electrons. The molecule has 2 heteroatoms. The van der Waals surface area contributed by atoms with Crippen molar-refractivity contribution >= 4 is 0 Å². The molecule has 0 aromatic rings. The summed E-state index contributed by atoms with van der Waals surface area (Å²) in [5.74, 6) is 1.88. The van der Waals surface area contributed by atoms with Gasteiger partial charge in [0.05, 0.1) is 0 Å². The molecule has 0 amide bonds. The van der Waals surface area contributed by atoms with Crippen LogP contribution in [0.15, 0.2) is 0 Å². The van der Waals surface area contributed by atoms with Gasteiger partial charge in [-0.15, -0.1) is 0 Å². The van der Waals surface area contributed by atoms with Crippen molar-refractivity contribution in [1.82, 2.24) is 5.32 Å². The van der Waals surface area contributed by atoms with Crippen LogP contribution in [0.4, 0.5) is 0 Å². The van der Waals surface area contributed by atoms with E-state index in [-0.39, 0.29) is 0 Å². The molecule has 12 heavy (non-hydrogen) atoms. The third-order valence-corrected chi connectivity index (χ3v) is 3.30. The third kappa shape index (κ3) is 1.80. The Balaban J connectivity index is 1.75. The summed E-state index contributed by atoms with van der Waals surface area (Å²) in [4.78, 5) is 0. The van der Waals surface area contributed by atoms with Gasteiger partial charge < -0.3 is 10.4 Å². The Morgan fingerprint density at radius 3 is 2.50 bits per heavy atom. The molecule has 0 aromatic heterocycles. The number of hydrogen-bond acceptors (Lipinski definition) is 2. The fourth-order valence-corrected chi connectivity index (χ4v) is 2.29.